The number of rotatable bonds is 7. The predicted octanol–water partition coefficient (Wildman–Crippen LogP) is 3.21. The maximum absolute atomic E-state index is 14.1. The molecule has 3 heterocycles. The Morgan fingerprint density at radius 1 is 1.11 bits per heavy atom. The summed E-state index contributed by atoms with van der Waals surface area (Å²) >= 11 is 7.74. The SMILES string of the molecule is CCCN1C(=O)/C(=c2\sc3n(c2=O)C(c2ccccc2Cl)C(C(=O)OCCOC)=C(C)N=3)c2ccccc21. The summed E-state index contributed by atoms with van der Waals surface area (Å²) in [5.41, 5.74) is 2.61. The van der Waals surface area contributed by atoms with Crippen LogP contribution in [0, 0.1) is 0 Å². The van der Waals surface area contributed by atoms with Crippen LogP contribution in [0.3, 0.4) is 0 Å². The highest BCUT2D eigenvalue weighted by atomic mass is 35.5. The highest BCUT2D eigenvalue weighted by molar-refractivity contribution is 7.07. The van der Waals surface area contributed by atoms with E-state index in [0.717, 1.165) is 23.4 Å². The molecule has 5 rings (SSSR count). The van der Waals surface area contributed by atoms with Gasteiger partial charge in [0.1, 0.15) is 17.2 Å². The number of benzene rings is 2. The Bertz CT molecular complexity index is 1650. The lowest BCUT2D eigenvalue weighted by Gasteiger charge is -2.25. The van der Waals surface area contributed by atoms with E-state index in [1.165, 1.54) is 11.7 Å². The number of ether oxygens (including phenoxy) is 2. The molecule has 38 heavy (non-hydrogen) atoms. The number of carbonyl (C=O) groups excluding carboxylic acids is 2. The summed E-state index contributed by atoms with van der Waals surface area (Å²) in [4.78, 5) is 47.7. The lowest BCUT2D eigenvalue weighted by atomic mass is 9.96. The molecule has 1 atom stereocenters. The lowest BCUT2D eigenvalue weighted by molar-refractivity contribution is -0.140. The predicted molar refractivity (Wildman–Crippen MR) is 146 cm³/mol. The molecule has 0 saturated heterocycles. The Hall–Kier alpha value is -3.53. The van der Waals surface area contributed by atoms with Gasteiger partial charge in [0, 0.05) is 24.2 Å². The summed E-state index contributed by atoms with van der Waals surface area (Å²) in [6, 6.07) is 13.6. The van der Waals surface area contributed by atoms with E-state index in [4.69, 9.17) is 21.1 Å². The quantitative estimate of drug-likeness (QED) is 0.332. The number of methoxy groups -OCH3 is 1. The van der Waals surface area contributed by atoms with Crippen molar-refractivity contribution < 1.29 is 19.1 Å². The second-order valence-electron chi connectivity index (χ2n) is 8.90. The van der Waals surface area contributed by atoms with E-state index < -0.39 is 17.6 Å². The molecule has 0 radical (unpaired) electrons. The fraction of sp³-hybridized carbons (Fsp3) is 0.286. The number of amides is 1. The van der Waals surface area contributed by atoms with Crippen molar-refractivity contribution >= 4 is 46.1 Å². The van der Waals surface area contributed by atoms with Gasteiger partial charge < -0.3 is 14.4 Å². The van der Waals surface area contributed by atoms with Gasteiger partial charge in [-0.05, 0) is 31.0 Å². The van der Waals surface area contributed by atoms with E-state index in [-0.39, 0.29) is 29.2 Å². The van der Waals surface area contributed by atoms with Crippen LogP contribution in [-0.4, -0.2) is 43.3 Å². The number of carbonyl (C=O) groups is 2. The normalized spacial score (nSPS) is 17.8. The minimum absolute atomic E-state index is 0.0501. The number of nitrogens with zero attached hydrogens (tertiary/aromatic N) is 3. The zero-order chi connectivity index (χ0) is 27.0. The molecule has 10 heteroatoms. The number of para-hydroxylation sites is 1. The minimum Gasteiger partial charge on any atom is -0.460 e. The summed E-state index contributed by atoms with van der Waals surface area (Å²) in [6.07, 6.45) is 0.773. The van der Waals surface area contributed by atoms with Crippen molar-refractivity contribution in [3.63, 3.8) is 0 Å². The van der Waals surface area contributed by atoms with Crippen LogP contribution >= 0.6 is 22.9 Å². The van der Waals surface area contributed by atoms with Crippen molar-refractivity contribution in [3.8, 4) is 0 Å². The van der Waals surface area contributed by atoms with Crippen LogP contribution in [0.4, 0.5) is 5.69 Å². The molecule has 0 saturated carbocycles. The van der Waals surface area contributed by atoms with Crippen molar-refractivity contribution in [1.29, 1.82) is 0 Å². The fourth-order valence-corrected chi connectivity index (χ4v) is 6.24. The van der Waals surface area contributed by atoms with Gasteiger partial charge in [0.15, 0.2) is 4.80 Å². The summed E-state index contributed by atoms with van der Waals surface area (Å²) < 4.78 is 12.2. The monoisotopic (exact) mass is 551 g/mol. The van der Waals surface area contributed by atoms with Gasteiger partial charge in [0.25, 0.3) is 11.5 Å². The minimum atomic E-state index is -0.872. The molecule has 0 N–H and O–H groups in total. The second-order valence-corrected chi connectivity index (χ2v) is 10.3. The van der Waals surface area contributed by atoms with Gasteiger partial charge in [-0.2, -0.15) is 0 Å². The van der Waals surface area contributed by atoms with Gasteiger partial charge in [-0.3, -0.25) is 14.2 Å². The number of aromatic nitrogens is 1. The first kappa shape index (κ1) is 26.1. The number of allylic oxidation sites excluding steroid dienone is 1. The van der Waals surface area contributed by atoms with Crippen LogP contribution in [0.25, 0.3) is 5.57 Å². The number of hydrogen-bond donors (Lipinski definition) is 0. The molecule has 0 aliphatic carbocycles. The van der Waals surface area contributed by atoms with Crippen LogP contribution in [0.5, 0.6) is 0 Å². The third-order valence-corrected chi connectivity index (χ3v) is 7.93. The largest absolute Gasteiger partial charge is 0.460 e. The van der Waals surface area contributed by atoms with Crippen LogP contribution in [0.15, 0.2) is 69.6 Å². The van der Waals surface area contributed by atoms with Gasteiger partial charge in [0.2, 0.25) is 0 Å². The van der Waals surface area contributed by atoms with Crippen molar-refractivity contribution in [2.75, 3.05) is 31.8 Å². The average Bonchev–Trinajstić information content (AvgIpc) is 3.36. The standard InChI is InChI=1S/C28H26ClN3O5S/c1-4-13-31-20-12-8-6-10-18(20)22(25(31)33)24-26(34)32-23(17-9-5-7-11-19(17)29)21(16(2)30-28(32)38-24)27(35)37-15-14-36-3/h5-12,23H,4,13-15H2,1-3H3/b24-22-. The molecule has 2 aliphatic heterocycles. The molecule has 1 unspecified atom stereocenters. The van der Waals surface area contributed by atoms with E-state index in [1.54, 1.807) is 36.1 Å². The topological polar surface area (TPSA) is 90.2 Å². The molecule has 3 aromatic rings. The van der Waals surface area contributed by atoms with Crippen molar-refractivity contribution in [3.05, 3.63) is 95.6 Å². The van der Waals surface area contributed by atoms with E-state index in [9.17, 15) is 14.4 Å². The number of hydrogen-bond acceptors (Lipinski definition) is 7. The Morgan fingerprint density at radius 3 is 2.58 bits per heavy atom. The molecule has 1 amide bonds. The van der Waals surface area contributed by atoms with Crippen LogP contribution in [-0.2, 0) is 19.1 Å². The summed E-state index contributed by atoms with van der Waals surface area (Å²) in [5, 5.41) is 0.393. The van der Waals surface area contributed by atoms with Crippen molar-refractivity contribution in [1.82, 2.24) is 4.57 Å². The van der Waals surface area contributed by atoms with Crippen LogP contribution < -0.4 is 19.8 Å². The molecule has 0 spiro atoms. The smallest absolute Gasteiger partial charge is 0.338 e. The molecule has 2 aliphatic rings. The Morgan fingerprint density at radius 2 is 1.84 bits per heavy atom. The third-order valence-electron chi connectivity index (χ3n) is 6.54. The van der Waals surface area contributed by atoms with Crippen LogP contribution in [0.2, 0.25) is 5.02 Å². The van der Waals surface area contributed by atoms with Gasteiger partial charge in [-0.15, -0.1) is 0 Å². The van der Waals surface area contributed by atoms with E-state index in [0.29, 0.717) is 38.8 Å². The zero-order valence-corrected chi connectivity index (χ0v) is 22.8. The van der Waals surface area contributed by atoms with Crippen molar-refractivity contribution in [2.24, 2.45) is 4.99 Å². The maximum atomic E-state index is 14.1. The summed E-state index contributed by atoms with van der Waals surface area (Å²) in [6.45, 7) is 4.52. The maximum Gasteiger partial charge on any atom is 0.338 e. The fourth-order valence-electron chi connectivity index (χ4n) is 4.86. The molecule has 1 aromatic heterocycles. The zero-order valence-electron chi connectivity index (χ0n) is 21.2. The first-order valence-corrected chi connectivity index (χ1v) is 13.4. The molecular formula is C28H26ClN3O5S. The highest BCUT2D eigenvalue weighted by Crippen LogP contribution is 2.36. The third kappa shape index (κ3) is 4.30. The number of anilines is 1. The molecule has 0 fully saturated rings. The van der Waals surface area contributed by atoms with E-state index in [1.807, 2.05) is 31.2 Å². The summed E-state index contributed by atoms with van der Waals surface area (Å²) in [5.74, 6) is -0.829. The van der Waals surface area contributed by atoms with E-state index in [2.05, 4.69) is 4.99 Å². The Balaban J connectivity index is 1.77. The van der Waals surface area contributed by atoms with Crippen LogP contribution in [0.1, 0.15) is 37.4 Å². The van der Waals surface area contributed by atoms with Gasteiger partial charge in [0.05, 0.1) is 29.1 Å². The Kier molecular flexibility index (Phi) is 7.34. The first-order valence-electron chi connectivity index (χ1n) is 12.3. The number of thiazole rings is 1. The molecule has 0 bridgehead atoms. The first-order chi connectivity index (χ1) is 18.4. The van der Waals surface area contributed by atoms with Gasteiger partial charge in [-0.1, -0.05) is 66.3 Å². The second kappa shape index (κ2) is 10.7. The Labute approximate surface area is 228 Å². The molecular weight excluding hydrogens is 526 g/mol. The summed E-state index contributed by atoms with van der Waals surface area (Å²) in [7, 11) is 1.52. The molecule has 8 nitrogen and oxygen atoms in total. The number of halogens is 1. The van der Waals surface area contributed by atoms with Gasteiger partial charge >= 0.3 is 5.97 Å². The average molecular weight is 552 g/mol. The lowest BCUT2D eigenvalue weighted by Crippen LogP contribution is -2.41. The number of fused-ring (bicyclic) bond motifs is 2. The molecule has 196 valence electrons. The molecule has 2 aromatic carbocycles. The highest BCUT2D eigenvalue weighted by Gasteiger charge is 2.37. The van der Waals surface area contributed by atoms with Crippen molar-refractivity contribution in [2.45, 2.75) is 26.3 Å². The number of esters is 1. The van der Waals surface area contributed by atoms with E-state index >= 15 is 0 Å². The van der Waals surface area contributed by atoms with Gasteiger partial charge in [-0.25, -0.2) is 9.79 Å².